The normalized spacial score (nSPS) is 11.6. The average Bonchev–Trinajstić information content (AvgIpc) is 3.48. The lowest BCUT2D eigenvalue weighted by Crippen LogP contribution is -2.25. The Bertz CT molecular complexity index is 1880. The minimum absolute atomic E-state index is 0.253. The average molecular weight is 681 g/mol. The van der Waals surface area contributed by atoms with Gasteiger partial charge in [0, 0.05) is 33.6 Å². The summed E-state index contributed by atoms with van der Waals surface area (Å²) in [5, 5.41) is 9.33. The van der Waals surface area contributed by atoms with Gasteiger partial charge in [-0.3, -0.25) is 9.59 Å². The molecule has 5 rings (SSSR count). The van der Waals surface area contributed by atoms with Gasteiger partial charge in [-0.1, -0.05) is 49.4 Å². The summed E-state index contributed by atoms with van der Waals surface area (Å²) in [6.07, 6.45) is -6.64. The predicted octanol–water partition coefficient (Wildman–Crippen LogP) is 9.35. The highest BCUT2D eigenvalue weighted by Gasteiger charge is 2.32. The van der Waals surface area contributed by atoms with Crippen LogP contribution in [0.25, 0.3) is 23.0 Å². The number of carbonyl (C=O) groups excluding carboxylic acids is 2. The van der Waals surface area contributed by atoms with Crippen LogP contribution in [0, 0.1) is 0 Å². The largest absolute Gasteiger partial charge is 0.416 e. The van der Waals surface area contributed by atoms with Crippen molar-refractivity contribution in [2.75, 3.05) is 16.4 Å². The van der Waals surface area contributed by atoms with Gasteiger partial charge in [0.25, 0.3) is 11.8 Å². The van der Waals surface area contributed by atoms with Crippen LogP contribution in [0.2, 0.25) is 0 Å². The Morgan fingerprint density at radius 2 is 1.29 bits per heavy atom. The van der Waals surface area contributed by atoms with Crippen molar-refractivity contribution in [1.82, 2.24) is 9.78 Å². The van der Waals surface area contributed by atoms with E-state index >= 15 is 0 Å². The van der Waals surface area contributed by atoms with Gasteiger partial charge in [0.2, 0.25) is 0 Å². The third kappa shape index (κ3) is 8.34. The van der Waals surface area contributed by atoms with Crippen LogP contribution in [-0.2, 0) is 21.9 Å². The molecule has 2 amide bonds. The van der Waals surface area contributed by atoms with Crippen molar-refractivity contribution in [3.63, 3.8) is 0 Å². The van der Waals surface area contributed by atoms with Gasteiger partial charge in [-0.2, -0.15) is 31.4 Å². The summed E-state index contributed by atoms with van der Waals surface area (Å²) in [5.41, 5.74) is -1.24. The fourth-order valence-electron chi connectivity index (χ4n) is 4.64. The molecule has 1 aromatic heterocycles. The minimum Gasteiger partial charge on any atom is -0.322 e. The van der Waals surface area contributed by atoms with Crippen LogP contribution in [0.15, 0.2) is 120 Å². The van der Waals surface area contributed by atoms with E-state index in [4.69, 9.17) is 5.10 Å². The highest BCUT2D eigenvalue weighted by Crippen LogP contribution is 2.33. The fourth-order valence-corrected chi connectivity index (χ4v) is 5.30. The molecular formula is C35H26F6N4O2S. The molecule has 0 bridgehead atoms. The number of alkyl halides is 6. The van der Waals surface area contributed by atoms with Crippen molar-refractivity contribution in [3.8, 4) is 16.9 Å². The molecule has 6 nitrogen and oxygen atoms in total. The first-order chi connectivity index (χ1) is 22.8. The number of aromatic nitrogens is 2. The number of thioether (sulfide) groups is 1. The monoisotopic (exact) mass is 680 g/mol. The van der Waals surface area contributed by atoms with E-state index in [0.29, 0.717) is 29.1 Å². The number of amides is 2. The van der Waals surface area contributed by atoms with Crippen LogP contribution in [0.5, 0.6) is 0 Å². The molecule has 0 fully saturated rings. The number of hydrogen-bond donors (Lipinski definition) is 2. The first-order valence-corrected chi connectivity index (χ1v) is 15.4. The van der Waals surface area contributed by atoms with Crippen LogP contribution >= 0.6 is 11.8 Å². The molecule has 48 heavy (non-hydrogen) atoms. The standard InChI is InChI=1S/C35H26F6N4O2S/c1-2-48-29-16-14-22(15-17-29)31-23(21-45(44-31)28-12-4-3-5-13-28)18-30(32(46)42-26-10-6-8-24(19-26)34(36,37)38)33(47)43-27-11-7-9-25(20-27)35(39,40)41/h3-21H,2H2,1H3,(H,42,46)(H,43,47). The molecule has 246 valence electrons. The molecule has 0 radical (unpaired) electrons. The number of halogens is 6. The second-order valence-corrected chi connectivity index (χ2v) is 11.6. The van der Waals surface area contributed by atoms with E-state index in [9.17, 15) is 35.9 Å². The van der Waals surface area contributed by atoms with E-state index in [0.717, 1.165) is 34.9 Å². The highest BCUT2D eigenvalue weighted by atomic mass is 32.2. The van der Waals surface area contributed by atoms with E-state index in [-0.39, 0.29) is 16.9 Å². The number of carbonyl (C=O) groups is 2. The predicted molar refractivity (Wildman–Crippen MR) is 174 cm³/mol. The number of benzene rings is 4. The summed E-state index contributed by atoms with van der Waals surface area (Å²) < 4.78 is 81.8. The third-order valence-corrected chi connectivity index (χ3v) is 7.78. The molecule has 5 aromatic rings. The number of nitrogens with one attached hydrogen (secondary N) is 2. The Hall–Kier alpha value is -5.30. The summed E-state index contributed by atoms with van der Waals surface area (Å²) in [5.74, 6) is -1.36. The summed E-state index contributed by atoms with van der Waals surface area (Å²) >= 11 is 1.63. The summed E-state index contributed by atoms with van der Waals surface area (Å²) in [7, 11) is 0. The topological polar surface area (TPSA) is 76.0 Å². The smallest absolute Gasteiger partial charge is 0.322 e. The second-order valence-electron chi connectivity index (χ2n) is 10.3. The molecule has 0 atom stereocenters. The summed E-state index contributed by atoms with van der Waals surface area (Å²) in [6.45, 7) is 2.01. The molecular weight excluding hydrogens is 654 g/mol. The third-order valence-electron chi connectivity index (χ3n) is 6.89. The molecule has 0 saturated heterocycles. The van der Waals surface area contributed by atoms with Gasteiger partial charge in [0.15, 0.2) is 0 Å². The van der Waals surface area contributed by atoms with Crippen LogP contribution < -0.4 is 10.6 Å². The molecule has 13 heteroatoms. The Morgan fingerprint density at radius 1 is 0.750 bits per heavy atom. The first-order valence-electron chi connectivity index (χ1n) is 14.4. The maximum atomic E-state index is 13.6. The Kier molecular flexibility index (Phi) is 10.1. The second kappa shape index (κ2) is 14.2. The number of nitrogens with zero attached hydrogens (tertiary/aromatic N) is 2. The van der Waals surface area contributed by atoms with Gasteiger partial charge in [-0.25, -0.2) is 4.68 Å². The zero-order valence-electron chi connectivity index (χ0n) is 25.1. The zero-order chi connectivity index (χ0) is 34.5. The SMILES string of the molecule is CCSc1ccc(-c2nn(-c3ccccc3)cc2C=C(C(=O)Nc2cccc(C(F)(F)F)c2)C(=O)Nc2cccc(C(F)(F)F)c2)cc1. The molecule has 0 aliphatic rings. The van der Waals surface area contributed by atoms with E-state index in [1.807, 2.05) is 37.3 Å². The zero-order valence-corrected chi connectivity index (χ0v) is 25.9. The van der Waals surface area contributed by atoms with Crippen LogP contribution in [0.3, 0.4) is 0 Å². The lowest BCUT2D eigenvalue weighted by Gasteiger charge is -2.13. The summed E-state index contributed by atoms with van der Waals surface area (Å²) in [4.78, 5) is 28.3. The molecule has 0 spiro atoms. The van der Waals surface area contributed by atoms with E-state index < -0.39 is 40.9 Å². The van der Waals surface area contributed by atoms with Crippen LogP contribution in [0.4, 0.5) is 37.7 Å². The maximum absolute atomic E-state index is 13.6. The lowest BCUT2D eigenvalue weighted by atomic mass is 10.0. The Morgan fingerprint density at radius 3 is 1.79 bits per heavy atom. The van der Waals surface area contributed by atoms with E-state index in [1.54, 1.807) is 42.2 Å². The Labute approximate surface area is 275 Å². The lowest BCUT2D eigenvalue weighted by molar-refractivity contribution is -0.138. The van der Waals surface area contributed by atoms with E-state index in [2.05, 4.69) is 10.6 Å². The van der Waals surface area contributed by atoms with Crippen molar-refractivity contribution in [2.45, 2.75) is 24.2 Å². The Balaban J connectivity index is 1.61. The molecule has 1 heterocycles. The molecule has 0 aliphatic carbocycles. The number of rotatable bonds is 9. The number of hydrogen-bond acceptors (Lipinski definition) is 4. The summed E-state index contributed by atoms with van der Waals surface area (Å²) in [6, 6.07) is 24.0. The van der Waals surface area contributed by atoms with Crippen LogP contribution in [0.1, 0.15) is 23.6 Å². The molecule has 0 aliphatic heterocycles. The maximum Gasteiger partial charge on any atom is 0.416 e. The number of para-hydroxylation sites is 1. The minimum atomic E-state index is -4.70. The van der Waals surface area contributed by atoms with E-state index in [1.165, 1.54) is 22.9 Å². The van der Waals surface area contributed by atoms with Crippen molar-refractivity contribution < 1.29 is 35.9 Å². The number of anilines is 2. The highest BCUT2D eigenvalue weighted by molar-refractivity contribution is 7.99. The molecule has 2 N–H and O–H groups in total. The molecule has 4 aromatic carbocycles. The van der Waals surface area contributed by atoms with Gasteiger partial charge in [0.05, 0.1) is 22.5 Å². The van der Waals surface area contributed by atoms with Gasteiger partial charge < -0.3 is 10.6 Å². The van der Waals surface area contributed by atoms with Gasteiger partial charge >= 0.3 is 12.4 Å². The van der Waals surface area contributed by atoms with Crippen LogP contribution in [-0.4, -0.2) is 27.3 Å². The van der Waals surface area contributed by atoms with Gasteiger partial charge in [0.1, 0.15) is 5.57 Å². The fraction of sp³-hybridized carbons (Fsp3) is 0.114. The van der Waals surface area contributed by atoms with Gasteiger partial charge in [-0.15, -0.1) is 11.8 Å². The van der Waals surface area contributed by atoms with Crippen molar-refractivity contribution in [3.05, 3.63) is 132 Å². The van der Waals surface area contributed by atoms with Crippen molar-refractivity contribution in [2.24, 2.45) is 0 Å². The molecule has 0 saturated carbocycles. The van der Waals surface area contributed by atoms with Crippen molar-refractivity contribution >= 4 is 41.0 Å². The van der Waals surface area contributed by atoms with Gasteiger partial charge in [-0.05, 0) is 72.5 Å². The van der Waals surface area contributed by atoms with Crippen molar-refractivity contribution in [1.29, 1.82) is 0 Å². The first kappa shape index (κ1) is 34.0. The molecule has 0 unspecified atom stereocenters. The quantitative estimate of drug-likeness (QED) is 0.0535.